The van der Waals surface area contributed by atoms with Crippen LogP contribution in [0.15, 0.2) is 36.8 Å². The average molecular weight is 376 g/mol. The molecule has 0 aliphatic carbocycles. The zero-order valence-corrected chi connectivity index (χ0v) is 15.3. The Bertz CT molecular complexity index is 1030. The van der Waals surface area contributed by atoms with E-state index in [9.17, 15) is 12.8 Å². The van der Waals surface area contributed by atoms with Gasteiger partial charge in [-0.25, -0.2) is 17.1 Å². The number of aromatic nitrogens is 3. The number of halogens is 1. The highest BCUT2D eigenvalue weighted by atomic mass is 32.2. The summed E-state index contributed by atoms with van der Waals surface area (Å²) >= 11 is 0. The van der Waals surface area contributed by atoms with E-state index in [2.05, 4.69) is 10.1 Å². The summed E-state index contributed by atoms with van der Waals surface area (Å²) in [7, 11) is -3.09. The molecule has 3 aromatic rings. The molecule has 3 heterocycles. The van der Waals surface area contributed by atoms with Gasteiger partial charge in [0.2, 0.25) is 10.0 Å². The van der Waals surface area contributed by atoms with Gasteiger partial charge in [0.1, 0.15) is 5.82 Å². The van der Waals surface area contributed by atoms with Crippen molar-refractivity contribution in [1.82, 2.24) is 19.1 Å². The van der Waals surface area contributed by atoms with Crippen molar-refractivity contribution in [3.05, 3.63) is 42.6 Å². The molecule has 0 radical (unpaired) electrons. The maximum atomic E-state index is 13.3. The molecule has 8 heteroatoms. The van der Waals surface area contributed by atoms with Gasteiger partial charge in [-0.05, 0) is 37.0 Å². The maximum absolute atomic E-state index is 13.3. The first-order valence-corrected chi connectivity index (χ1v) is 10.5. The summed E-state index contributed by atoms with van der Waals surface area (Å²) in [5.41, 5.74) is 2.75. The lowest BCUT2D eigenvalue weighted by Crippen LogP contribution is -2.38. The summed E-state index contributed by atoms with van der Waals surface area (Å²) in [5, 5.41) is 5.42. The van der Waals surface area contributed by atoms with Crippen molar-refractivity contribution >= 4 is 20.9 Å². The summed E-state index contributed by atoms with van der Waals surface area (Å²) in [6.45, 7) is 1.92. The normalized spacial score (nSPS) is 17.2. The van der Waals surface area contributed by atoms with E-state index < -0.39 is 10.0 Å². The molecule has 1 fully saturated rings. The molecule has 1 N–H and O–H groups in total. The van der Waals surface area contributed by atoms with E-state index in [4.69, 9.17) is 0 Å². The highest BCUT2D eigenvalue weighted by molar-refractivity contribution is 7.88. The Morgan fingerprint density at radius 1 is 1.31 bits per heavy atom. The predicted octanol–water partition coefficient (Wildman–Crippen LogP) is 2.84. The Hall–Kier alpha value is -2.19. The van der Waals surface area contributed by atoms with Crippen molar-refractivity contribution in [3.63, 3.8) is 0 Å². The van der Waals surface area contributed by atoms with Crippen molar-refractivity contribution in [2.75, 3.05) is 19.3 Å². The summed E-state index contributed by atoms with van der Waals surface area (Å²) in [4.78, 5) is 3.10. The van der Waals surface area contributed by atoms with Crippen molar-refractivity contribution in [2.45, 2.75) is 19.4 Å². The number of nitrogens with zero attached hydrogens (tertiary/aromatic N) is 3. The number of H-pyrrole nitrogens is 1. The number of aromatic amines is 1. The van der Waals surface area contributed by atoms with Gasteiger partial charge in [0.25, 0.3) is 0 Å². The van der Waals surface area contributed by atoms with E-state index in [1.165, 1.54) is 18.4 Å². The lowest BCUT2D eigenvalue weighted by atomic mass is 9.98. The molecule has 1 saturated heterocycles. The Labute approximate surface area is 151 Å². The lowest BCUT2D eigenvalue weighted by molar-refractivity contribution is 0.248. The van der Waals surface area contributed by atoms with E-state index in [0.717, 1.165) is 41.4 Å². The average Bonchev–Trinajstić information content (AvgIpc) is 3.20. The van der Waals surface area contributed by atoms with Crippen LogP contribution in [0.25, 0.3) is 22.0 Å². The molecule has 0 amide bonds. The Balaban J connectivity index is 1.47. The van der Waals surface area contributed by atoms with Crippen molar-refractivity contribution in [3.8, 4) is 11.1 Å². The highest BCUT2D eigenvalue weighted by Crippen LogP contribution is 2.29. The predicted molar refractivity (Wildman–Crippen MR) is 98.6 cm³/mol. The first-order valence-electron chi connectivity index (χ1n) is 8.65. The SMILES string of the molecule is CS(=O)(=O)N1CCC(Cn2cc(-c3c[nH]c4cc(F)ccc34)cn2)CC1. The standard InChI is InChI=1S/C18H21FN4O2S/c1-26(24,25)23-6-4-13(5-7-23)11-22-12-14(9-21-22)17-10-20-18-8-15(19)2-3-16(17)18/h2-3,8-10,12-13,20H,4-7,11H2,1H3. The number of benzene rings is 1. The first-order chi connectivity index (χ1) is 12.4. The Morgan fingerprint density at radius 3 is 2.81 bits per heavy atom. The van der Waals surface area contributed by atoms with Gasteiger partial charge in [-0.3, -0.25) is 4.68 Å². The summed E-state index contributed by atoms with van der Waals surface area (Å²) in [5.74, 6) is 0.153. The zero-order chi connectivity index (χ0) is 18.3. The van der Waals surface area contributed by atoms with E-state index in [0.29, 0.717) is 19.0 Å². The summed E-state index contributed by atoms with van der Waals surface area (Å²) < 4.78 is 40.0. The fourth-order valence-electron chi connectivity index (χ4n) is 3.63. The van der Waals surface area contributed by atoms with Gasteiger partial charge in [0, 0.05) is 54.1 Å². The third-order valence-corrected chi connectivity index (χ3v) is 6.38. The van der Waals surface area contributed by atoms with Crippen LogP contribution in [-0.2, 0) is 16.6 Å². The lowest BCUT2D eigenvalue weighted by Gasteiger charge is -2.30. The fraction of sp³-hybridized carbons (Fsp3) is 0.389. The van der Waals surface area contributed by atoms with Gasteiger partial charge >= 0.3 is 0 Å². The van der Waals surface area contributed by atoms with Gasteiger partial charge in [-0.1, -0.05) is 0 Å². The van der Waals surface area contributed by atoms with Gasteiger partial charge in [0.05, 0.1) is 12.5 Å². The van der Waals surface area contributed by atoms with E-state index in [-0.39, 0.29) is 5.82 Å². The van der Waals surface area contributed by atoms with Crippen molar-refractivity contribution in [2.24, 2.45) is 5.92 Å². The second kappa shape index (κ2) is 6.51. The molecule has 0 bridgehead atoms. The first kappa shape index (κ1) is 17.2. The monoisotopic (exact) mass is 376 g/mol. The Morgan fingerprint density at radius 2 is 2.08 bits per heavy atom. The van der Waals surface area contributed by atoms with Crippen LogP contribution in [0.5, 0.6) is 0 Å². The van der Waals surface area contributed by atoms with Crippen LogP contribution in [0.1, 0.15) is 12.8 Å². The van der Waals surface area contributed by atoms with E-state index in [1.54, 1.807) is 10.4 Å². The minimum atomic E-state index is -3.09. The molecule has 138 valence electrons. The molecular formula is C18H21FN4O2S. The Kier molecular flexibility index (Phi) is 4.32. The number of sulfonamides is 1. The smallest absolute Gasteiger partial charge is 0.211 e. The minimum absolute atomic E-state index is 0.262. The van der Waals surface area contributed by atoms with Gasteiger partial charge in [-0.2, -0.15) is 5.10 Å². The quantitative estimate of drug-likeness (QED) is 0.761. The molecule has 0 saturated carbocycles. The molecule has 1 aliphatic heterocycles. The second-order valence-corrected chi connectivity index (χ2v) is 8.93. The number of hydrogen-bond acceptors (Lipinski definition) is 3. The summed E-state index contributed by atoms with van der Waals surface area (Å²) in [6.07, 6.45) is 8.63. The van der Waals surface area contributed by atoms with E-state index >= 15 is 0 Å². The molecule has 2 aromatic heterocycles. The summed E-state index contributed by atoms with van der Waals surface area (Å²) in [6, 6.07) is 4.72. The minimum Gasteiger partial charge on any atom is -0.360 e. The van der Waals surface area contributed by atoms with Crippen molar-refractivity contribution in [1.29, 1.82) is 0 Å². The van der Waals surface area contributed by atoms with Crippen LogP contribution in [0.3, 0.4) is 0 Å². The van der Waals surface area contributed by atoms with E-state index in [1.807, 2.05) is 23.3 Å². The number of rotatable bonds is 4. The number of hydrogen-bond donors (Lipinski definition) is 1. The van der Waals surface area contributed by atoms with Crippen molar-refractivity contribution < 1.29 is 12.8 Å². The van der Waals surface area contributed by atoms with Gasteiger partial charge in [0.15, 0.2) is 0 Å². The van der Waals surface area contributed by atoms with Crippen LogP contribution in [0, 0.1) is 11.7 Å². The molecule has 26 heavy (non-hydrogen) atoms. The molecule has 4 rings (SSSR count). The molecule has 0 unspecified atom stereocenters. The third-order valence-electron chi connectivity index (χ3n) is 5.08. The molecular weight excluding hydrogens is 355 g/mol. The van der Waals surface area contributed by atoms with Gasteiger partial charge < -0.3 is 4.98 Å². The molecule has 0 atom stereocenters. The van der Waals surface area contributed by atoms with Crippen LogP contribution >= 0.6 is 0 Å². The number of fused-ring (bicyclic) bond motifs is 1. The number of piperidine rings is 1. The largest absolute Gasteiger partial charge is 0.360 e. The third kappa shape index (κ3) is 3.39. The molecule has 1 aliphatic rings. The van der Waals surface area contributed by atoms with Crippen LogP contribution < -0.4 is 0 Å². The molecule has 0 spiro atoms. The number of nitrogens with one attached hydrogen (secondary N) is 1. The zero-order valence-electron chi connectivity index (χ0n) is 14.5. The molecule has 6 nitrogen and oxygen atoms in total. The van der Waals surface area contributed by atoms with Crippen LogP contribution in [0.4, 0.5) is 4.39 Å². The maximum Gasteiger partial charge on any atom is 0.211 e. The highest BCUT2D eigenvalue weighted by Gasteiger charge is 2.25. The fourth-order valence-corrected chi connectivity index (χ4v) is 4.50. The molecule has 1 aromatic carbocycles. The van der Waals surface area contributed by atoms with Gasteiger partial charge in [-0.15, -0.1) is 0 Å². The topological polar surface area (TPSA) is 71.0 Å². The van der Waals surface area contributed by atoms with Crippen LogP contribution in [0.2, 0.25) is 0 Å². The van der Waals surface area contributed by atoms with Crippen LogP contribution in [-0.4, -0.2) is 46.8 Å². The second-order valence-electron chi connectivity index (χ2n) is 6.95.